The molecule has 2 aromatic carbocycles. The maximum absolute atomic E-state index is 12.0. The fourth-order valence-electron chi connectivity index (χ4n) is 2.27. The number of sulfonamides is 1. The summed E-state index contributed by atoms with van der Waals surface area (Å²) in [5.41, 5.74) is 1.66. The van der Waals surface area contributed by atoms with E-state index in [9.17, 15) is 18.0 Å². The second-order valence-electron chi connectivity index (χ2n) is 5.83. The molecule has 0 heterocycles. The lowest BCUT2D eigenvalue weighted by atomic mass is 10.2. The Morgan fingerprint density at radius 3 is 2.19 bits per heavy atom. The van der Waals surface area contributed by atoms with Gasteiger partial charge in [0, 0.05) is 12.6 Å². The van der Waals surface area contributed by atoms with E-state index in [1.165, 1.54) is 29.8 Å². The van der Waals surface area contributed by atoms with Gasteiger partial charge in [-0.25, -0.2) is 13.1 Å². The van der Waals surface area contributed by atoms with E-state index in [2.05, 4.69) is 12.2 Å². The van der Waals surface area contributed by atoms with Gasteiger partial charge in [0.25, 0.3) is 10.0 Å². The Morgan fingerprint density at radius 1 is 1.00 bits per heavy atom. The molecule has 27 heavy (non-hydrogen) atoms. The molecule has 2 N–H and O–H groups in total. The Morgan fingerprint density at radius 2 is 1.63 bits per heavy atom. The number of benzene rings is 2. The van der Waals surface area contributed by atoms with Gasteiger partial charge >= 0.3 is 0 Å². The first-order valence-corrected chi connectivity index (χ1v) is 9.93. The average molecular weight is 390 g/mol. The first-order valence-electron chi connectivity index (χ1n) is 8.45. The van der Waals surface area contributed by atoms with Crippen LogP contribution in [0.4, 0.5) is 5.69 Å². The molecule has 0 saturated carbocycles. The molecule has 144 valence electrons. The Bertz CT molecular complexity index is 891. The number of hydrogen-bond donors (Lipinski definition) is 2. The van der Waals surface area contributed by atoms with Gasteiger partial charge in [-0.1, -0.05) is 19.1 Å². The first kappa shape index (κ1) is 20.4. The highest BCUT2D eigenvalue weighted by atomic mass is 32.2. The van der Waals surface area contributed by atoms with Crippen molar-refractivity contribution < 1.29 is 22.7 Å². The van der Waals surface area contributed by atoms with Crippen LogP contribution in [0.15, 0.2) is 53.4 Å². The molecule has 0 unspecified atom stereocenters. The van der Waals surface area contributed by atoms with Crippen LogP contribution in [0.3, 0.4) is 0 Å². The number of rotatable bonds is 8. The quantitative estimate of drug-likeness (QED) is 0.721. The van der Waals surface area contributed by atoms with Crippen LogP contribution in [0.1, 0.15) is 25.8 Å². The number of amides is 2. The zero-order valence-corrected chi connectivity index (χ0v) is 16.0. The summed E-state index contributed by atoms with van der Waals surface area (Å²) in [6.45, 7) is 3.42. The molecule has 2 amide bonds. The second kappa shape index (κ2) is 9.18. The van der Waals surface area contributed by atoms with Crippen LogP contribution >= 0.6 is 0 Å². The monoisotopic (exact) mass is 390 g/mol. The summed E-state index contributed by atoms with van der Waals surface area (Å²) < 4.78 is 31.1. The summed E-state index contributed by atoms with van der Waals surface area (Å²) in [5.74, 6) is -0.220. The van der Waals surface area contributed by atoms with Crippen molar-refractivity contribution in [3.05, 3.63) is 54.1 Å². The van der Waals surface area contributed by atoms with Gasteiger partial charge in [-0.05, 0) is 48.4 Å². The molecule has 0 aromatic heterocycles. The molecule has 7 nitrogen and oxygen atoms in total. The van der Waals surface area contributed by atoms with Crippen molar-refractivity contribution in [2.45, 2.75) is 31.6 Å². The van der Waals surface area contributed by atoms with Crippen LogP contribution in [0.25, 0.3) is 0 Å². The predicted octanol–water partition coefficient (Wildman–Crippen LogP) is 2.48. The minimum absolute atomic E-state index is 0.0606. The standard InChI is InChI=1S/C19H22N2O5S/c1-3-15-4-8-17(9-5-15)26-13-12-19(23)20-16-6-10-18(11-7-16)27(24,25)21-14(2)22/h4-11H,3,12-13H2,1-2H3,(H,20,23)(H,21,22). The lowest BCUT2D eigenvalue weighted by molar-refractivity contribution is -0.117. The van der Waals surface area contributed by atoms with E-state index < -0.39 is 15.9 Å². The lowest BCUT2D eigenvalue weighted by Crippen LogP contribution is -2.28. The summed E-state index contributed by atoms with van der Waals surface area (Å²) in [7, 11) is -3.89. The van der Waals surface area contributed by atoms with Gasteiger partial charge in [0.15, 0.2) is 0 Å². The van der Waals surface area contributed by atoms with Crippen LogP contribution in [0.5, 0.6) is 5.75 Å². The fraction of sp³-hybridized carbons (Fsp3) is 0.263. The minimum atomic E-state index is -3.89. The highest BCUT2D eigenvalue weighted by molar-refractivity contribution is 7.90. The molecule has 0 saturated heterocycles. The van der Waals surface area contributed by atoms with E-state index in [-0.39, 0.29) is 23.8 Å². The molecule has 0 radical (unpaired) electrons. The van der Waals surface area contributed by atoms with Crippen molar-refractivity contribution in [1.29, 1.82) is 0 Å². The van der Waals surface area contributed by atoms with Gasteiger partial charge in [-0.15, -0.1) is 0 Å². The largest absolute Gasteiger partial charge is 0.493 e. The number of aryl methyl sites for hydroxylation is 1. The van der Waals surface area contributed by atoms with E-state index in [0.29, 0.717) is 11.4 Å². The number of hydrogen-bond acceptors (Lipinski definition) is 5. The summed E-state index contributed by atoms with van der Waals surface area (Å²) in [6, 6.07) is 13.2. The third-order valence-electron chi connectivity index (χ3n) is 3.66. The Labute approximate surface area is 158 Å². The van der Waals surface area contributed by atoms with Gasteiger partial charge in [0.2, 0.25) is 11.8 Å². The topological polar surface area (TPSA) is 102 Å². The molecule has 0 aliphatic carbocycles. The Hall–Kier alpha value is -2.87. The van der Waals surface area contributed by atoms with E-state index in [1.54, 1.807) is 0 Å². The third kappa shape index (κ3) is 6.41. The molecule has 0 fully saturated rings. The number of carbonyl (C=O) groups excluding carboxylic acids is 2. The summed E-state index contributed by atoms with van der Waals surface area (Å²) in [4.78, 5) is 22.8. The van der Waals surface area contributed by atoms with Gasteiger partial charge in [-0.2, -0.15) is 0 Å². The van der Waals surface area contributed by atoms with Crippen molar-refractivity contribution in [2.24, 2.45) is 0 Å². The Balaban J connectivity index is 1.84. The molecule has 2 rings (SSSR count). The summed E-state index contributed by atoms with van der Waals surface area (Å²) in [6.07, 6.45) is 1.11. The Kier molecular flexibility index (Phi) is 6.95. The summed E-state index contributed by atoms with van der Waals surface area (Å²) >= 11 is 0. The number of carbonyl (C=O) groups is 2. The van der Waals surface area contributed by atoms with Crippen LogP contribution in [0, 0.1) is 0 Å². The smallest absolute Gasteiger partial charge is 0.264 e. The lowest BCUT2D eigenvalue weighted by Gasteiger charge is -2.09. The first-order chi connectivity index (χ1) is 12.8. The SMILES string of the molecule is CCc1ccc(OCCC(=O)Nc2ccc(S(=O)(=O)NC(C)=O)cc2)cc1. The number of nitrogens with one attached hydrogen (secondary N) is 2. The maximum Gasteiger partial charge on any atom is 0.264 e. The van der Waals surface area contributed by atoms with Gasteiger partial charge in [-0.3, -0.25) is 9.59 Å². The zero-order valence-electron chi connectivity index (χ0n) is 15.2. The normalized spacial score (nSPS) is 10.9. The third-order valence-corrected chi connectivity index (χ3v) is 5.10. The van der Waals surface area contributed by atoms with E-state index in [4.69, 9.17) is 4.74 Å². The molecule has 0 aliphatic rings. The maximum atomic E-state index is 12.0. The van der Waals surface area contributed by atoms with Crippen LogP contribution in [-0.2, 0) is 26.0 Å². The molecule has 8 heteroatoms. The molecule has 0 spiro atoms. The van der Waals surface area contributed by atoms with Gasteiger partial charge in [0.05, 0.1) is 17.9 Å². The summed E-state index contributed by atoms with van der Waals surface area (Å²) in [5, 5.41) is 2.66. The van der Waals surface area contributed by atoms with Gasteiger partial charge < -0.3 is 10.1 Å². The van der Waals surface area contributed by atoms with E-state index in [1.807, 2.05) is 29.0 Å². The molecular weight excluding hydrogens is 368 g/mol. The van der Waals surface area contributed by atoms with Crippen molar-refractivity contribution in [2.75, 3.05) is 11.9 Å². The predicted molar refractivity (Wildman–Crippen MR) is 102 cm³/mol. The number of ether oxygens (including phenoxy) is 1. The minimum Gasteiger partial charge on any atom is -0.493 e. The highest BCUT2D eigenvalue weighted by Gasteiger charge is 2.15. The van der Waals surface area contributed by atoms with Crippen molar-refractivity contribution in [3.8, 4) is 5.75 Å². The highest BCUT2D eigenvalue weighted by Crippen LogP contribution is 2.15. The van der Waals surface area contributed by atoms with E-state index in [0.717, 1.165) is 13.3 Å². The number of anilines is 1. The van der Waals surface area contributed by atoms with E-state index >= 15 is 0 Å². The van der Waals surface area contributed by atoms with Crippen molar-refractivity contribution >= 4 is 27.5 Å². The van der Waals surface area contributed by atoms with Gasteiger partial charge in [0.1, 0.15) is 5.75 Å². The van der Waals surface area contributed by atoms with Crippen LogP contribution in [0.2, 0.25) is 0 Å². The molecule has 2 aromatic rings. The molecule has 0 atom stereocenters. The van der Waals surface area contributed by atoms with Crippen LogP contribution < -0.4 is 14.8 Å². The molecule has 0 bridgehead atoms. The average Bonchev–Trinajstić information content (AvgIpc) is 2.61. The fourth-order valence-corrected chi connectivity index (χ4v) is 3.26. The van der Waals surface area contributed by atoms with Crippen LogP contribution in [-0.4, -0.2) is 26.8 Å². The zero-order chi connectivity index (χ0) is 19.9. The second-order valence-corrected chi connectivity index (χ2v) is 7.51. The van der Waals surface area contributed by atoms with Crippen molar-refractivity contribution in [3.63, 3.8) is 0 Å². The van der Waals surface area contributed by atoms with Crippen molar-refractivity contribution in [1.82, 2.24) is 4.72 Å². The molecule has 0 aliphatic heterocycles. The molecular formula is C19H22N2O5S.